The standard InChI is InChI=1S/C12H13BrFN3/c1-15-5-9-2-3-12(14)10(4-9)7-17-8-11(13)6-16-17/h2-4,6,8,15H,5,7H2,1H3. The number of hydrogen-bond donors (Lipinski definition) is 1. The molecule has 0 aliphatic rings. The lowest BCUT2D eigenvalue weighted by Gasteiger charge is -2.07. The molecular weight excluding hydrogens is 285 g/mol. The van der Waals surface area contributed by atoms with Gasteiger partial charge in [0.1, 0.15) is 5.82 Å². The van der Waals surface area contributed by atoms with Crippen LogP contribution >= 0.6 is 15.9 Å². The molecule has 2 aromatic rings. The van der Waals surface area contributed by atoms with Crippen LogP contribution in [0.1, 0.15) is 11.1 Å². The van der Waals surface area contributed by atoms with Gasteiger partial charge >= 0.3 is 0 Å². The van der Waals surface area contributed by atoms with Crippen LogP contribution in [-0.4, -0.2) is 16.8 Å². The Morgan fingerprint density at radius 1 is 1.47 bits per heavy atom. The fourth-order valence-corrected chi connectivity index (χ4v) is 1.99. The molecule has 0 saturated heterocycles. The van der Waals surface area contributed by atoms with Gasteiger partial charge in [-0.25, -0.2) is 4.39 Å². The van der Waals surface area contributed by atoms with E-state index in [-0.39, 0.29) is 5.82 Å². The molecule has 0 fully saturated rings. The molecule has 0 unspecified atom stereocenters. The maximum absolute atomic E-state index is 13.6. The molecule has 2 rings (SSSR count). The third kappa shape index (κ3) is 3.14. The molecule has 0 bridgehead atoms. The van der Waals surface area contributed by atoms with Crippen molar-refractivity contribution >= 4 is 15.9 Å². The van der Waals surface area contributed by atoms with Crippen molar-refractivity contribution in [1.82, 2.24) is 15.1 Å². The summed E-state index contributed by atoms with van der Waals surface area (Å²) in [5.41, 5.74) is 1.71. The van der Waals surface area contributed by atoms with Gasteiger partial charge in [-0.05, 0) is 40.7 Å². The van der Waals surface area contributed by atoms with Crippen LogP contribution in [0, 0.1) is 5.82 Å². The predicted octanol–water partition coefficient (Wildman–Crippen LogP) is 2.55. The minimum Gasteiger partial charge on any atom is -0.316 e. The smallest absolute Gasteiger partial charge is 0.128 e. The molecule has 3 nitrogen and oxygen atoms in total. The second-order valence-electron chi connectivity index (χ2n) is 3.81. The molecule has 0 saturated carbocycles. The molecule has 1 aromatic heterocycles. The summed E-state index contributed by atoms with van der Waals surface area (Å²) in [6.45, 7) is 1.17. The van der Waals surface area contributed by atoms with Crippen LogP contribution in [0.15, 0.2) is 35.1 Å². The van der Waals surface area contributed by atoms with Crippen molar-refractivity contribution in [3.63, 3.8) is 0 Å². The Morgan fingerprint density at radius 2 is 2.29 bits per heavy atom. The lowest BCUT2D eigenvalue weighted by molar-refractivity contribution is 0.583. The van der Waals surface area contributed by atoms with E-state index in [1.165, 1.54) is 6.07 Å². The van der Waals surface area contributed by atoms with Crippen LogP contribution in [0.3, 0.4) is 0 Å². The van der Waals surface area contributed by atoms with Gasteiger partial charge in [0, 0.05) is 18.3 Å². The van der Waals surface area contributed by atoms with Crippen molar-refractivity contribution in [2.75, 3.05) is 7.05 Å². The monoisotopic (exact) mass is 297 g/mol. The summed E-state index contributed by atoms with van der Waals surface area (Å²) in [6.07, 6.45) is 3.51. The minimum atomic E-state index is -0.198. The summed E-state index contributed by atoms with van der Waals surface area (Å²) < 4.78 is 16.2. The van der Waals surface area contributed by atoms with E-state index >= 15 is 0 Å². The summed E-state index contributed by atoms with van der Waals surface area (Å²) in [6, 6.07) is 5.15. The number of halogens is 2. The van der Waals surface area contributed by atoms with Crippen molar-refractivity contribution in [2.24, 2.45) is 0 Å². The molecule has 90 valence electrons. The number of nitrogens with one attached hydrogen (secondary N) is 1. The molecule has 0 amide bonds. The maximum atomic E-state index is 13.6. The van der Waals surface area contributed by atoms with Crippen LogP contribution in [0.25, 0.3) is 0 Å². The number of benzene rings is 1. The topological polar surface area (TPSA) is 29.9 Å². The van der Waals surface area contributed by atoms with Gasteiger partial charge < -0.3 is 5.32 Å². The van der Waals surface area contributed by atoms with E-state index in [4.69, 9.17) is 0 Å². The van der Waals surface area contributed by atoms with Crippen molar-refractivity contribution in [3.8, 4) is 0 Å². The number of aromatic nitrogens is 2. The van der Waals surface area contributed by atoms with Gasteiger partial charge in [0.2, 0.25) is 0 Å². The third-order valence-corrected chi connectivity index (χ3v) is 2.83. The first-order valence-electron chi connectivity index (χ1n) is 5.29. The Balaban J connectivity index is 2.22. The summed E-state index contributed by atoms with van der Waals surface area (Å²) in [5.74, 6) is -0.198. The Bertz CT molecular complexity index is 510. The highest BCUT2D eigenvalue weighted by atomic mass is 79.9. The summed E-state index contributed by atoms with van der Waals surface area (Å²) >= 11 is 3.32. The average molecular weight is 298 g/mol. The molecule has 0 spiro atoms. The van der Waals surface area contributed by atoms with Gasteiger partial charge in [-0.2, -0.15) is 5.10 Å². The van der Waals surface area contributed by atoms with E-state index in [2.05, 4.69) is 26.3 Å². The first-order valence-corrected chi connectivity index (χ1v) is 6.08. The van der Waals surface area contributed by atoms with Crippen LogP contribution in [0.4, 0.5) is 4.39 Å². The molecule has 17 heavy (non-hydrogen) atoms. The lowest BCUT2D eigenvalue weighted by atomic mass is 10.1. The Kier molecular flexibility index (Phi) is 3.91. The Labute approximate surface area is 108 Å². The molecule has 0 aliphatic heterocycles. The van der Waals surface area contributed by atoms with Crippen LogP contribution in [0.5, 0.6) is 0 Å². The summed E-state index contributed by atoms with van der Waals surface area (Å²) in [4.78, 5) is 0. The van der Waals surface area contributed by atoms with Crippen molar-refractivity contribution < 1.29 is 4.39 Å². The molecule has 0 atom stereocenters. The zero-order valence-electron chi connectivity index (χ0n) is 9.45. The fourth-order valence-electron chi connectivity index (χ4n) is 1.66. The largest absolute Gasteiger partial charge is 0.316 e. The summed E-state index contributed by atoms with van der Waals surface area (Å²) in [5, 5.41) is 7.16. The molecule has 0 aliphatic carbocycles. The second kappa shape index (κ2) is 5.42. The zero-order chi connectivity index (χ0) is 12.3. The molecular formula is C12H13BrFN3. The van der Waals surface area contributed by atoms with Gasteiger partial charge in [-0.15, -0.1) is 0 Å². The van der Waals surface area contributed by atoms with Crippen LogP contribution < -0.4 is 5.32 Å². The predicted molar refractivity (Wildman–Crippen MR) is 68.2 cm³/mol. The van der Waals surface area contributed by atoms with E-state index in [1.807, 2.05) is 19.3 Å². The van der Waals surface area contributed by atoms with Crippen molar-refractivity contribution in [2.45, 2.75) is 13.1 Å². The number of rotatable bonds is 4. The molecule has 1 aromatic carbocycles. The van der Waals surface area contributed by atoms with Crippen molar-refractivity contribution in [3.05, 3.63) is 52.0 Å². The van der Waals surface area contributed by atoms with E-state index < -0.39 is 0 Å². The fraction of sp³-hybridized carbons (Fsp3) is 0.250. The first-order chi connectivity index (χ1) is 8.19. The van der Waals surface area contributed by atoms with Gasteiger partial charge in [-0.1, -0.05) is 6.07 Å². The maximum Gasteiger partial charge on any atom is 0.128 e. The van der Waals surface area contributed by atoms with Crippen LogP contribution in [-0.2, 0) is 13.1 Å². The lowest BCUT2D eigenvalue weighted by Crippen LogP contribution is -2.07. The quantitative estimate of drug-likeness (QED) is 0.940. The molecule has 5 heteroatoms. The second-order valence-corrected chi connectivity index (χ2v) is 4.73. The SMILES string of the molecule is CNCc1ccc(F)c(Cn2cc(Br)cn2)c1. The molecule has 1 N–H and O–H groups in total. The van der Waals surface area contributed by atoms with E-state index in [0.29, 0.717) is 12.1 Å². The van der Waals surface area contributed by atoms with E-state index in [9.17, 15) is 4.39 Å². The van der Waals surface area contributed by atoms with Gasteiger partial charge in [-0.3, -0.25) is 4.68 Å². The number of hydrogen-bond acceptors (Lipinski definition) is 2. The minimum absolute atomic E-state index is 0.198. The van der Waals surface area contributed by atoms with Crippen LogP contribution in [0.2, 0.25) is 0 Å². The average Bonchev–Trinajstić information content (AvgIpc) is 2.69. The van der Waals surface area contributed by atoms with E-state index in [1.54, 1.807) is 16.9 Å². The normalized spacial score (nSPS) is 10.8. The highest BCUT2D eigenvalue weighted by molar-refractivity contribution is 9.10. The first kappa shape index (κ1) is 12.3. The summed E-state index contributed by atoms with van der Waals surface area (Å²) in [7, 11) is 1.87. The zero-order valence-corrected chi connectivity index (χ0v) is 11.0. The van der Waals surface area contributed by atoms with E-state index in [0.717, 1.165) is 16.6 Å². The highest BCUT2D eigenvalue weighted by Crippen LogP contribution is 2.14. The van der Waals surface area contributed by atoms with Gasteiger partial charge in [0.25, 0.3) is 0 Å². The number of nitrogens with zero attached hydrogens (tertiary/aromatic N) is 2. The Hall–Kier alpha value is -1.20. The molecule has 0 radical (unpaired) electrons. The van der Waals surface area contributed by atoms with Gasteiger partial charge in [0.15, 0.2) is 0 Å². The van der Waals surface area contributed by atoms with Gasteiger partial charge in [0.05, 0.1) is 17.2 Å². The highest BCUT2D eigenvalue weighted by Gasteiger charge is 2.05. The molecule has 1 heterocycles. The Morgan fingerprint density at radius 3 is 2.94 bits per heavy atom. The third-order valence-electron chi connectivity index (χ3n) is 2.43. The van der Waals surface area contributed by atoms with Crippen molar-refractivity contribution in [1.29, 1.82) is 0 Å².